The van der Waals surface area contributed by atoms with Gasteiger partial charge in [-0.2, -0.15) is 5.10 Å². The molecule has 0 bridgehead atoms. The van der Waals surface area contributed by atoms with Crippen LogP contribution in [-0.4, -0.2) is 41.4 Å². The molecule has 0 aromatic carbocycles. The van der Waals surface area contributed by atoms with E-state index in [1.54, 1.807) is 0 Å². The van der Waals surface area contributed by atoms with E-state index in [9.17, 15) is 0 Å². The average molecular weight is 303 g/mol. The van der Waals surface area contributed by atoms with Crippen molar-refractivity contribution in [2.45, 2.75) is 26.8 Å². The fourth-order valence-corrected chi connectivity index (χ4v) is 2.51. The zero-order chi connectivity index (χ0) is 12.8. The van der Waals surface area contributed by atoms with Gasteiger partial charge in [-0.05, 0) is 35.9 Å². The summed E-state index contributed by atoms with van der Waals surface area (Å²) in [5.74, 6) is 0. The van der Waals surface area contributed by atoms with Gasteiger partial charge in [-0.1, -0.05) is 13.8 Å². The summed E-state index contributed by atoms with van der Waals surface area (Å²) in [6, 6.07) is 0. The highest BCUT2D eigenvalue weighted by molar-refractivity contribution is 9.10. The molecule has 4 nitrogen and oxygen atoms in total. The van der Waals surface area contributed by atoms with Gasteiger partial charge in [-0.25, -0.2) is 0 Å². The molecule has 1 rings (SSSR count). The summed E-state index contributed by atoms with van der Waals surface area (Å²) in [6.07, 6.45) is 0.968. The summed E-state index contributed by atoms with van der Waals surface area (Å²) >= 11 is 3.65. The van der Waals surface area contributed by atoms with E-state index in [1.807, 2.05) is 11.7 Å². The van der Waals surface area contributed by atoms with Crippen molar-refractivity contribution in [2.24, 2.45) is 7.05 Å². The lowest BCUT2D eigenvalue weighted by Crippen LogP contribution is -2.29. The van der Waals surface area contributed by atoms with Gasteiger partial charge in [0.15, 0.2) is 0 Å². The number of halogens is 1. The number of rotatable bonds is 7. The van der Waals surface area contributed by atoms with Gasteiger partial charge in [-0.15, -0.1) is 0 Å². The first-order valence-electron chi connectivity index (χ1n) is 6.19. The third kappa shape index (κ3) is 4.08. The van der Waals surface area contributed by atoms with Crippen LogP contribution in [0.2, 0.25) is 0 Å². The molecule has 1 aromatic heterocycles. The number of likely N-dealkylation sites (N-methyl/N-ethyl adjacent to an activating group) is 2. The quantitative estimate of drug-likeness (QED) is 0.780. The van der Waals surface area contributed by atoms with Crippen molar-refractivity contribution in [3.05, 3.63) is 15.9 Å². The smallest absolute Gasteiger partial charge is 0.0767 e. The maximum absolute atomic E-state index is 4.51. The predicted octanol–water partition coefficient (Wildman–Crippen LogP) is 1.79. The van der Waals surface area contributed by atoms with Gasteiger partial charge in [0.2, 0.25) is 0 Å². The molecule has 0 unspecified atom stereocenters. The molecule has 0 fully saturated rings. The maximum Gasteiger partial charge on any atom is 0.0767 e. The van der Waals surface area contributed by atoms with Crippen LogP contribution in [0.1, 0.15) is 25.2 Å². The van der Waals surface area contributed by atoms with Crippen molar-refractivity contribution in [3.63, 3.8) is 0 Å². The second-order valence-corrected chi connectivity index (χ2v) is 5.07. The molecule has 0 saturated heterocycles. The molecular weight excluding hydrogens is 280 g/mol. The van der Waals surface area contributed by atoms with Crippen molar-refractivity contribution in [1.82, 2.24) is 20.0 Å². The molecule has 5 heteroatoms. The number of hydrogen-bond acceptors (Lipinski definition) is 3. The van der Waals surface area contributed by atoms with Gasteiger partial charge in [0, 0.05) is 26.7 Å². The summed E-state index contributed by atoms with van der Waals surface area (Å²) < 4.78 is 3.14. The first-order chi connectivity index (χ1) is 8.10. The van der Waals surface area contributed by atoms with Crippen LogP contribution in [0.4, 0.5) is 0 Å². The van der Waals surface area contributed by atoms with Crippen LogP contribution in [0.25, 0.3) is 0 Å². The summed E-state index contributed by atoms with van der Waals surface area (Å²) in [7, 11) is 4.15. The van der Waals surface area contributed by atoms with E-state index in [-0.39, 0.29) is 0 Å². The molecule has 0 spiro atoms. The van der Waals surface area contributed by atoms with Crippen molar-refractivity contribution in [1.29, 1.82) is 0 Å². The number of aryl methyl sites for hydroxylation is 2. The molecule has 0 amide bonds. The van der Waals surface area contributed by atoms with E-state index < -0.39 is 0 Å². The van der Waals surface area contributed by atoms with E-state index in [0.29, 0.717) is 0 Å². The fraction of sp³-hybridized carbons (Fsp3) is 0.750. The minimum Gasteiger partial charge on any atom is -0.316 e. The lowest BCUT2D eigenvalue weighted by Gasteiger charge is -2.17. The highest BCUT2D eigenvalue weighted by Crippen LogP contribution is 2.22. The molecule has 0 radical (unpaired) electrons. The van der Waals surface area contributed by atoms with Crippen molar-refractivity contribution in [2.75, 3.05) is 26.7 Å². The second-order valence-electron chi connectivity index (χ2n) is 4.28. The average Bonchev–Trinajstić information content (AvgIpc) is 2.57. The molecule has 1 N–H and O–H groups in total. The van der Waals surface area contributed by atoms with E-state index in [0.717, 1.165) is 42.8 Å². The van der Waals surface area contributed by atoms with E-state index in [4.69, 9.17) is 0 Å². The maximum atomic E-state index is 4.51. The summed E-state index contributed by atoms with van der Waals surface area (Å²) in [4.78, 5) is 2.31. The molecule has 0 aliphatic heterocycles. The topological polar surface area (TPSA) is 33.1 Å². The van der Waals surface area contributed by atoms with Gasteiger partial charge in [0.05, 0.1) is 15.9 Å². The Morgan fingerprint density at radius 3 is 2.65 bits per heavy atom. The fourth-order valence-electron chi connectivity index (χ4n) is 1.77. The van der Waals surface area contributed by atoms with Crippen LogP contribution in [0.3, 0.4) is 0 Å². The summed E-state index contributed by atoms with van der Waals surface area (Å²) in [5.41, 5.74) is 2.39. The Balaban J connectivity index is 2.58. The van der Waals surface area contributed by atoms with Gasteiger partial charge < -0.3 is 5.32 Å². The zero-order valence-corrected chi connectivity index (χ0v) is 12.8. The molecule has 0 aliphatic carbocycles. The molecular formula is C12H23BrN4. The van der Waals surface area contributed by atoms with Gasteiger partial charge >= 0.3 is 0 Å². The molecule has 1 heterocycles. The molecule has 0 aliphatic rings. The predicted molar refractivity (Wildman–Crippen MR) is 75.2 cm³/mol. The van der Waals surface area contributed by atoms with Gasteiger partial charge in [-0.3, -0.25) is 9.58 Å². The highest BCUT2D eigenvalue weighted by Gasteiger charge is 2.13. The summed E-state index contributed by atoms with van der Waals surface area (Å²) in [5, 5.41) is 7.84. The Morgan fingerprint density at radius 2 is 2.12 bits per heavy atom. The van der Waals surface area contributed by atoms with Crippen LogP contribution < -0.4 is 5.32 Å². The number of nitrogens with zero attached hydrogens (tertiary/aromatic N) is 3. The largest absolute Gasteiger partial charge is 0.316 e. The van der Waals surface area contributed by atoms with Crippen LogP contribution >= 0.6 is 15.9 Å². The molecule has 0 saturated carbocycles. The lowest BCUT2D eigenvalue weighted by molar-refractivity contribution is 0.316. The van der Waals surface area contributed by atoms with Crippen LogP contribution in [0.5, 0.6) is 0 Å². The van der Waals surface area contributed by atoms with Gasteiger partial charge in [0.25, 0.3) is 0 Å². The third-order valence-corrected chi connectivity index (χ3v) is 3.76. The van der Waals surface area contributed by atoms with E-state index in [2.05, 4.69) is 52.1 Å². The molecule has 0 atom stereocenters. The third-order valence-electron chi connectivity index (χ3n) is 2.84. The first kappa shape index (κ1) is 14.7. The Morgan fingerprint density at radius 1 is 1.41 bits per heavy atom. The van der Waals surface area contributed by atoms with E-state index >= 15 is 0 Å². The van der Waals surface area contributed by atoms with Crippen molar-refractivity contribution in [3.8, 4) is 0 Å². The minimum atomic E-state index is 0.926. The van der Waals surface area contributed by atoms with Crippen molar-refractivity contribution < 1.29 is 0 Å². The Kier molecular flexibility index (Phi) is 6.16. The van der Waals surface area contributed by atoms with Crippen LogP contribution in [0, 0.1) is 0 Å². The Hall–Kier alpha value is -0.390. The SMILES string of the molecule is CCNCCN(C)Cc1c(Br)c(CC)nn1C. The Bertz CT molecular complexity index is 349. The lowest BCUT2D eigenvalue weighted by atomic mass is 10.3. The van der Waals surface area contributed by atoms with Crippen LogP contribution in [-0.2, 0) is 20.0 Å². The zero-order valence-electron chi connectivity index (χ0n) is 11.3. The monoisotopic (exact) mass is 302 g/mol. The normalized spacial score (nSPS) is 11.4. The number of nitrogens with one attached hydrogen (secondary N) is 1. The van der Waals surface area contributed by atoms with E-state index in [1.165, 1.54) is 5.69 Å². The standard InChI is InChI=1S/C12H23BrN4/c1-5-10-12(13)11(17(4)15-10)9-16(3)8-7-14-6-2/h14H,5-9H2,1-4H3. The molecule has 1 aromatic rings. The van der Waals surface area contributed by atoms with Crippen LogP contribution in [0.15, 0.2) is 4.47 Å². The number of hydrogen-bond donors (Lipinski definition) is 1. The first-order valence-corrected chi connectivity index (χ1v) is 6.98. The molecule has 98 valence electrons. The molecule has 17 heavy (non-hydrogen) atoms. The van der Waals surface area contributed by atoms with Gasteiger partial charge in [0.1, 0.15) is 0 Å². The number of aromatic nitrogens is 2. The Labute approximate surface area is 113 Å². The minimum absolute atomic E-state index is 0.926. The second kappa shape index (κ2) is 7.13. The highest BCUT2D eigenvalue weighted by atomic mass is 79.9. The van der Waals surface area contributed by atoms with Crippen molar-refractivity contribution >= 4 is 15.9 Å². The summed E-state index contributed by atoms with van der Waals surface area (Å²) in [6.45, 7) is 8.30.